The van der Waals surface area contributed by atoms with Crippen LogP contribution in [0, 0.1) is 5.92 Å². The molecule has 0 spiro atoms. The molecule has 0 bridgehead atoms. The highest BCUT2D eigenvalue weighted by atomic mass is 16.1. The Bertz CT molecular complexity index is 546. The summed E-state index contributed by atoms with van der Waals surface area (Å²) in [5, 5.41) is 1.08. The summed E-state index contributed by atoms with van der Waals surface area (Å²) in [5.74, 6) is 0.809. The number of hydrogen-bond donors (Lipinski definition) is 0. The highest BCUT2D eigenvalue weighted by molar-refractivity contribution is 5.96. The van der Waals surface area contributed by atoms with E-state index in [9.17, 15) is 4.79 Å². The van der Waals surface area contributed by atoms with E-state index in [-0.39, 0.29) is 5.78 Å². The van der Waals surface area contributed by atoms with E-state index in [0.29, 0.717) is 18.0 Å². The lowest BCUT2D eigenvalue weighted by molar-refractivity contribution is 0.0974. The summed E-state index contributed by atoms with van der Waals surface area (Å²) in [6, 6.07) is 11.7. The Hall–Kier alpha value is -1.70. The molecule has 0 atom stereocenters. The van der Waals surface area contributed by atoms with Gasteiger partial charge in [-0.3, -0.25) is 4.79 Å². The van der Waals surface area contributed by atoms with Gasteiger partial charge < -0.3 is 0 Å². The number of carbonyl (C=O) groups excluding carboxylic acids is 1. The molecular formula is C16H19NO. The Morgan fingerprint density at radius 3 is 2.72 bits per heavy atom. The van der Waals surface area contributed by atoms with Crippen molar-refractivity contribution < 1.29 is 4.79 Å². The van der Waals surface area contributed by atoms with Crippen LogP contribution >= 0.6 is 0 Å². The molecule has 1 aromatic heterocycles. The van der Waals surface area contributed by atoms with Gasteiger partial charge in [0.15, 0.2) is 5.78 Å². The molecule has 0 aliphatic rings. The molecule has 94 valence electrons. The van der Waals surface area contributed by atoms with Crippen LogP contribution in [0.2, 0.25) is 0 Å². The maximum atomic E-state index is 12.0. The second-order valence-electron chi connectivity index (χ2n) is 5.10. The minimum atomic E-state index is 0.154. The number of hydrogen-bond acceptors (Lipinski definition) is 2. The van der Waals surface area contributed by atoms with E-state index in [0.717, 1.165) is 23.7 Å². The molecule has 0 saturated heterocycles. The third kappa shape index (κ3) is 3.16. The van der Waals surface area contributed by atoms with Gasteiger partial charge >= 0.3 is 0 Å². The molecular weight excluding hydrogens is 222 g/mol. The van der Waals surface area contributed by atoms with Gasteiger partial charge in [-0.1, -0.05) is 44.5 Å². The van der Waals surface area contributed by atoms with Crippen molar-refractivity contribution in [2.24, 2.45) is 5.92 Å². The first-order valence-electron chi connectivity index (χ1n) is 6.56. The van der Waals surface area contributed by atoms with Crippen LogP contribution in [0.25, 0.3) is 10.9 Å². The summed E-state index contributed by atoms with van der Waals surface area (Å²) >= 11 is 0. The highest BCUT2D eigenvalue weighted by Crippen LogP contribution is 2.14. The molecule has 1 heterocycles. The van der Waals surface area contributed by atoms with E-state index < -0.39 is 0 Å². The van der Waals surface area contributed by atoms with Gasteiger partial charge in [-0.2, -0.15) is 0 Å². The third-order valence-corrected chi connectivity index (χ3v) is 3.07. The van der Waals surface area contributed by atoms with Gasteiger partial charge in [0.05, 0.1) is 5.52 Å². The highest BCUT2D eigenvalue weighted by Gasteiger charge is 2.08. The van der Waals surface area contributed by atoms with Crippen molar-refractivity contribution in [1.82, 2.24) is 4.98 Å². The molecule has 2 rings (SSSR count). The van der Waals surface area contributed by atoms with E-state index in [1.54, 1.807) is 0 Å². The standard InChI is InChI=1S/C16H19NO/c1-12(2)6-5-9-16(18)15-11-10-13-7-3-4-8-14(13)17-15/h3-4,7-8,10-12H,5-6,9H2,1-2H3. The molecule has 2 nitrogen and oxygen atoms in total. The van der Waals surface area contributed by atoms with E-state index in [1.165, 1.54) is 0 Å². The Kier molecular flexibility index (Phi) is 4.08. The maximum Gasteiger partial charge on any atom is 0.181 e. The molecule has 0 amide bonds. The van der Waals surface area contributed by atoms with Crippen molar-refractivity contribution in [3.8, 4) is 0 Å². The lowest BCUT2D eigenvalue weighted by Gasteiger charge is -2.04. The summed E-state index contributed by atoms with van der Waals surface area (Å²) in [6.45, 7) is 4.36. The Morgan fingerprint density at radius 2 is 1.94 bits per heavy atom. The number of pyridine rings is 1. The van der Waals surface area contributed by atoms with E-state index in [2.05, 4.69) is 18.8 Å². The molecule has 0 radical (unpaired) electrons. The number of ketones is 1. The topological polar surface area (TPSA) is 30.0 Å². The van der Waals surface area contributed by atoms with E-state index in [1.807, 2.05) is 36.4 Å². The Labute approximate surface area is 108 Å². The number of fused-ring (bicyclic) bond motifs is 1. The predicted octanol–water partition coefficient (Wildman–Crippen LogP) is 4.24. The molecule has 0 fully saturated rings. The van der Waals surface area contributed by atoms with Gasteiger partial charge in [0, 0.05) is 11.8 Å². The maximum absolute atomic E-state index is 12.0. The summed E-state index contributed by atoms with van der Waals surface area (Å²) in [4.78, 5) is 16.4. The fourth-order valence-electron chi connectivity index (χ4n) is 2.02. The normalized spacial score (nSPS) is 11.1. The predicted molar refractivity (Wildman–Crippen MR) is 74.8 cm³/mol. The van der Waals surface area contributed by atoms with Gasteiger partial charge in [-0.05, 0) is 24.5 Å². The van der Waals surface area contributed by atoms with Crippen LogP contribution in [0.3, 0.4) is 0 Å². The molecule has 0 aliphatic carbocycles. The van der Waals surface area contributed by atoms with Crippen molar-refractivity contribution in [2.75, 3.05) is 0 Å². The lowest BCUT2D eigenvalue weighted by atomic mass is 10.0. The van der Waals surface area contributed by atoms with Gasteiger partial charge in [-0.25, -0.2) is 4.98 Å². The zero-order valence-electron chi connectivity index (χ0n) is 11.0. The lowest BCUT2D eigenvalue weighted by Crippen LogP contribution is -2.03. The minimum Gasteiger partial charge on any atom is -0.292 e. The first kappa shape index (κ1) is 12.7. The quantitative estimate of drug-likeness (QED) is 0.733. The molecule has 18 heavy (non-hydrogen) atoms. The van der Waals surface area contributed by atoms with Gasteiger partial charge in [0.2, 0.25) is 0 Å². The van der Waals surface area contributed by atoms with Crippen LogP contribution in [0.1, 0.15) is 43.6 Å². The molecule has 0 aliphatic heterocycles. The number of rotatable bonds is 5. The molecule has 0 saturated carbocycles. The monoisotopic (exact) mass is 241 g/mol. The number of para-hydroxylation sites is 1. The molecule has 2 aromatic rings. The molecule has 0 unspecified atom stereocenters. The first-order valence-corrected chi connectivity index (χ1v) is 6.56. The average Bonchev–Trinajstić information content (AvgIpc) is 2.37. The number of carbonyl (C=O) groups is 1. The van der Waals surface area contributed by atoms with Crippen molar-refractivity contribution in [3.63, 3.8) is 0 Å². The average molecular weight is 241 g/mol. The number of benzene rings is 1. The zero-order valence-corrected chi connectivity index (χ0v) is 11.0. The van der Waals surface area contributed by atoms with Crippen molar-refractivity contribution in [3.05, 3.63) is 42.1 Å². The molecule has 0 N–H and O–H groups in total. The van der Waals surface area contributed by atoms with Crippen LogP contribution in [0.15, 0.2) is 36.4 Å². The fraction of sp³-hybridized carbons (Fsp3) is 0.375. The summed E-state index contributed by atoms with van der Waals surface area (Å²) in [7, 11) is 0. The SMILES string of the molecule is CC(C)CCCC(=O)c1ccc2ccccc2n1. The van der Waals surface area contributed by atoms with Crippen molar-refractivity contribution >= 4 is 16.7 Å². The zero-order chi connectivity index (χ0) is 13.0. The molecule has 1 aromatic carbocycles. The van der Waals surface area contributed by atoms with Gasteiger partial charge in [0.25, 0.3) is 0 Å². The second-order valence-corrected chi connectivity index (χ2v) is 5.10. The van der Waals surface area contributed by atoms with Crippen LogP contribution in [0.4, 0.5) is 0 Å². The number of Topliss-reactive ketones (excluding diaryl/α,β-unsaturated/α-hetero) is 1. The van der Waals surface area contributed by atoms with E-state index in [4.69, 9.17) is 0 Å². The first-order chi connectivity index (χ1) is 8.66. The number of nitrogens with zero attached hydrogens (tertiary/aromatic N) is 1. The van der Waals surface area contributed by atoms with Crippen LogP contribution in [0.5, 0.6) is 0 Å². The van der Waals surface area contributed by atoms with Gasteiger partial charge in [-0.15, -0.1) is 0 Å². The summed E-state index contributed by atoms with van der Waals surface area (Å²) in [6.07, 6.45) is 2.65. The summed E-state index contributed by atoms with van der Waals surface area (Å²) in [5.41, 5.74) is 1.49. The van der Waals surface area contributed by atoms with Crippen LogP contribution in [-0.2, 0) is 0 Å². The van der Waals surface area contributed by atoms with Crippen LogP contribution in [-0.4, -0.2) is 10.8 Å². The molecule has 2 heteroatoms. The minimum absolute atomic E-state index is 0.154. The van der Waals surface area contributed by atoms with Gasteiger partial charge in [0.1, 0.15) is 5.69 Å². The van der Waals surface area contributed by atoms with E-state index >= 15 is 0 Å². The summed E-state index contributed by atoms with van der Waals surface area (Å²) < 4.78 is 0. The second kappa shape index (κ2) is 5.76. The Balaban J connectivity index is 2.08. The smallest absolute Gasteiger partial charge is 0.181 e. The number of aromatic nitrogens is 1. The third-order valence-electron chi connectivity index (χ3n) is 3.07. The Morgan fingerprint density at radius 1 is 1.17 bits per heavy atom. The fourth-order valence-corrected chi connectivity index (χ4v) is 2.02. The van der Waals surface area contributed by atoms with Crippen LogP contribution < -0.4 is 0 Å². The largest absolute Gasteiger partial charge is 0.292 e. The van der Waals surface area contributed by atoms with Crippen molar-refractivity contribution in [1.29, 1.82) is 0 Å². The van der Waals surface area contributed by atoms with Crippen molar-refractivity contribution in [2.45, 2.75) is 33.1 Å².